The van der Waals surface area contributed by atoms with Crippen LogP contribution in [0.15, 0.2) is 129 Å². The zero-order valence-electron chi connectivity index (χ0n) is 35.7. The Hall–Kier alpha value is -7.59. The van der Waals surface area contributed by atoms with Gasteiger partial charge in [-0.3, -0.25) is 9.97 Å². The summed E-state index contributed by atoms with van der Waals surface area (Å²) in [7, 11) is 0. The number of carbonyl (C=O) groups excluding carboxylic acids is 4. The molecule has 0 aliphatic carbocycles. The van der Waals surface area contributed by atoms with Gasteiger partial charge in [-0.1, -0.05) is 51.7 Å². The molecule has 330 valence electrons. The fraction of sp³-hybridized carbons (Fsp3) is 0.275. The SMILES string of the molecule is C=CC(=O)OCCCCCCCOc1ccc(-c2ccc(C(=O)Oc3ccc(C#N)cc3OC(=O)c3ccc(-c4ccc(OCCCCCCCOC(=O)C=C)cc4)nc3)cn2)cc1. The summed E-state index contributed by atoms with van der Waals surface area (Å²) >= 11 is 0. The van der Waals surface area contributed by atoms with E-state index >= 15 is 0 Å². The smallest absolute Gasteiger partial charge is 0.345 e. The third kappa shape index (κ3) is 15.7. The Bertz CT molecular complexity index is 2360. The molecule has 0 aliphatic heterocycles. The summed E-state index contributed by atoms with van der Waals surface area (Å²) in [6.45, 7) is 8.75. The predicted octanol–water partition coefficient (Wildman–Crippen LogP) is 10.2. The van der Waals surface area contributed by atoms with E-state index in [1.165, 1.54) is 42.7 Å². The Morgan fingerprint density at radius 3 is 1.34 bits per heavy atom. The minimum atomic E-state index is -0.758. The lowest BCUT2D eigenvalue weighted by Crippen LogP contribution is -2.13. The highest BCUT2D eigenvalue weighted by Gasteiger charge is 2.18. The molecule has 0 saturated heterocycles. The number of nitriles is 1. The van der Waals surface area contributed by atoms with Crippen molar-refractivity contribution < 1.29 is 47.6 Å². The number of carbonyl (C=O) groups is 4. The second kappa shape index (κ2) is 26.0. The number of aromatic nitrogens is 2. The number of rotatable bonds is 26. The van der Waals surface area contributed by atoms with E-state index in [1.807, 2.05) is 54.6 Å². The monoisotopic (exact) mass is 865 g/mol. The summed E-state index contributed by atoms with van der Waals surface area (Å²) in [5.41, 5.74) is 3.43. The summed E-state index contributed by atoms with van der Waals surface area (Å²) in [5, 5.41) is 9.52. The van der Waals surface area contributed by atoms with Crippen LogP contribution in [0.2, 0.25) is 0 Å². The van der Waals surface area contributed by atoms with Gasteiger partial charge in [-0.15, -0.1) is 0 Å². The van der Waals surface area contributed by atoms with Crippen molar-refractivity contribution in [3.63, 3.8) is 0 Å². The Morgan fingerprint density at radius 1 is 0.516 bits per heavy atom. The standard InChI is InChI=1S/C51H51N3O10/c1-3-48(55)61-31-13-9-5-7-11-29-59-42-22-16-38(17-23-42)44-26-20-40(35-53-44)50(57)63-46-28-15-37(34-52)33-47(46)64-51(58)41-21-27-45(54-36-41)39-18-24-43(25-19-39)60-30-12-8-6-10-14-32-62-49(56)4-2/h3-4,15-28,33,35-36H,1-2,5-14,29-32H2. The van der Waals surface area contributed by atoms with Crippen molar-refractivity contribution in [3.8, 4) is 51.6 Å². The topological polar surface area (TPSA) is 173 Å². The molecule has 13 nitrogen and oxygen atoms in total. The van der Waals surface area contributed by atoms with Crippen LogP contribution in [0.25, 0.3) is 22.5 Å². The van der Waals surface area contributed by atoms with E-state index in [9.17, 15) is 24.4 Å². The summed E-state index contributed by atoms with van der Waals surface area (Å²) in [5.74, 6) is -0.981. The van der Waals surface area contributed by atoms with Crippen LogP contribution in [0.1, 0.15) is 90.5 Å². The zero-order valence-corrected chi connectivity index (χ0v) is 35.7. The molecule has 0 spiro atoms. The molecular formula is C51H51N3O10. The first-order valence-electron chi connectivity index (χ1n) is 21.2. The van der Waals surface area contributed by atoms with Gasteiger partial charge < -0.3 is 28.4 Å². The summed E-state index contributed by atoms with van der Waals surface area (Å²) in [6, 6.07) is 27.7. The minimum absolute atomic E-state index is 0.0563. The molecule has 13 heteroatoms. The van der Waals surface area contributed by atoms with Gasteiger partial charge in [0.1, 0.15) is 11.5 Å². The van der Waals surface area contributed by atoms with E-state index in [1.54, 1.807) is 24.3 Å². The number of unbranched alkanes of at least 4 members (excludes halogenated alkanes) is 8. The molecule has 0 radical (unpaired) electrons. The lowest BCUT2D eigenvalue weighted by molar-refractivity contribution is -0.138. The van der Waals surface area contributed by atoms with Crippen molar-refractivity contribution in [2.45, 2.75) is 64.2 Å². The Kier molecular flexibility index (Phi) is 19.3. The maximum absolute atomic E-state index is 13.2. The van der Waals surface area contributed by atoms with Gasteiger partial charge in [0.15, 0.2) is 11.5 Å². The van der Waals surface area contributed by atoms with Crippen molar-refractivity contribution >= 4 is 23.9 Å². The molecular weight excluding hydrogens is 815 g/mol. The highest BCUT2D eigenvalue weighted by Crippen LogP contribution is 2.31. The van der Waals surface area contributed by atoms with E-state index in [2.05, 4.69) is 23.1 Å². The van der Waals surface area contributed by atoms with Crippen molar-refractivity contribution in [2.75, 3.05) is 26.4 Å². The average Bonchev–Trinajstić information content (AvgIpc) is 3.33. The number of ether oxygens (including phenoxy) is 6. The third-order valence-electron chi connectivity index (χ3n) is 9.71. The number of nitrogens with zero attached hydrogens (tertiary/aromatic N) is 3. The van der Waals surface area contributed by atoms with E-state index in [4.69, 9.17) is 28.4 Å². The lowest BCUT2D eigenvalue weighted by Gasteiger charge is -2.11. The van der Waals surface area contributed by atoms with Gasteiger partial charge in [-0.25, -0.2) is 19.2 Å². The van der Waals surface area contributed by atoms with Gasteiger partial charge in [0.25, 0.3) is 0 Å². The molecule has 0 amide bonds. The second-order valence-electron chi connectivity index (χ2n) is 14.4. The van der Waals surface area contributed by atoms with Crippen LogP contribution in [0, 0.1) is 11.3 Å². The third-order valence-corrected chi connectivity index (χ3v) is 9.71. The number of benzene rings is 3. The van der Waals surface area contributed by atoms with Crippen LogP contribution in [0.5, 0.6) is 23.0 Å². The van der Waals surface area contributed by atoms with Crippen LogP contribution in [-0.2, 0) is 19.1 Å². The minimum Gasteiger partial charge on any atom is -0.494 e. The number of pyridine rings is 2. The zero-order chi connectivity index (χ0) is 45.4. The summed E-state index contributed by atoms with van der Waals surface area (Å²) in [6.07, 6.45) is 14.6. The molecule has 0 N–H and O–H groups in total. The van der Waals surface area contributed by atoms with Gasteiger partial charge in [0.2, 0.25) is 0 Å². The van der Waals surface area contributed by atoms with Gasteiger partial charge in [-0.2, -0.15) is 5.26 Å². The predicted molar refractivity (Wildman–Crippen MR) is 240 cm³/mol. The molecule has 0 atom stereocenters. The largest absolute Gasteiger partial charge is 0.494 e. The van der Waals surface area contributed by atoms with Crippen molar-refractivity contribution in [3.05, 3.63) is 145 Å². The Morgan fingerprint density at radius 2 is 0.938 bits per heavy atom. The molecule has 0 unspecified atom stereocenters. The maximum atomic E-state index is 13.2. The van der Waals surface area contributed by atoms with E-state index in [-0.39, 0.29) is 28.2 Å². The lowest BCUT2D eigenvalue weighted by atomic mass is 10.1. The van der Waals surface area contributed by atoms with Crippen LogP contribution < -0.4 is 18.9 Å². The average molecular weight is 866 g/mol. The van der Waals surface area contributed by atoms with Gasteiger partial charge >= 0.3 is 23.9 Å². The van der Waals surface area contributed by atoms with Crippen molar-refractivity contribution in [1.82, 2.24) is 9.97 Å². The number of esters is 4. The number of hydrogen-bond acceptors (Lipinski definition) is 13. The van der Waals surface area contributed by atoms with Gasteiger partial charge in [0, 0.05) is 41.7 Å². The Labute approximate surface area is 373 Å². The first-order chi connectivity index (χ1) is 31.3. The molecule has 5 rings (SSSR count). The molecule has 0 fully saturated rings. The highest BCUT2D eigenvalue weighted by molar-refractivity contribution is 5.93. The normalized spacial score (nSPS) is 10.5. The molecule has 0 saturated carbocycles. The van der Waals surface area contributed by atoms with Crippen LogP contribution in [-0.4, -0.2) is 60.3 Å². The molecule has 0 bridgehead atoms. The van der Waals surface area contributed by atoms with E-state index in [0.717, 1.165) is 86.8 Å². The fourth-order valence-corrected chi connectivity index (χ4v) is 6.19. The quantitative estimate of drug-likeness (QED) is 0.0223. The van der Waals surface area contributed by atoms with Crippen molar-refractivity contribution in [1.29, 1.82) is 5.26 Å². The van der Waals surface area contributed by atoms with Crippen LogP contribution >= 0.6 is 0 Å². The summed E-state index contributed by atoms with van der Waals surface area (Å²) < 4.78 is 33.0. The van der Waals surface area contributed by atoms with Crippen LogP contribution in [0.3, 0.4) is 0 Å². The van der Waals surface area contributed by atoms with Crippen LogP contribution in [0.4, 0.5) is 0 Å². The summed E-state index contributed by atoms with van der Waals surface area (Å²) in [4.78, 5) is 57.5. The fourth-order valence-electron chi connectivity index (χ4n) is 6.19. The van der Waals surface area contributed by atoms with Gasteiger partial charge in [-0.05, 0) is 111 Å². The molecule has 5 aromatic rings. The molecule has 2 heterocycles. The highest BCUT2D eigenvalue weighted by atomic mass is 16.6. The maximum Gasteiger partial charge on any atom is 0.345 e. The Balaban J connectivity index is 1.06. The molecule has 3 aromatic carbocycles. The van der Waals surface area contributed by atoms with Gasteiger partial charge in [0.05, 0.1) is 60.6 Å². The molecule has 64 heavy (non-hydrogen) atoms. The molecule has 0 aliphatic rings. The number of hydrogen-bond donors (Lipinski definition) is 0. The second-order valence-corrected chi connectivity index (χ2v) is 14.4. The first kappa shape index (κ1) is 47.5. The van der Waals surface area contributed by atoms with E-state index < -0.39 is 23.9 Å². The molecule has 2 aromatic heterocycles. The van der Waals surface area contributed by atoms with E-state index in [0.29, 0.717) is 37.8 Å². The van der Waals surface area contributed by atoms with Crippen molar-refractivity contribution in [2.24, 2.45) is 0 Å². The first-order valence-corrected chi connectivity index (χ1v) is 21.2.